The first-order valence-electron chi connectivity index (χ1n) is 17.6. The predicted octanol–water partition coefficient (Wildman–Crippen LogP) is 11.2. The van der Waals surface area contributed by atoms with Crippen molar-refractivity contribution < 1.29 is 19.4 Å². The van der Waals surface area contributed by atoms with Crippen LogP contribution in [0.15, 0.2) is 12.2 Å². The average molecular weight is 565 g/mol. The largest absolute Gasteiger partial charge is 0.393 e. The number of rotatable bonds is 30. The molecule has 40 heavy (non-hydrogen) atoms. The normalized spacial score (nSPS) is 13.1. The molecule has 0 radical (unpaired) electrons. The van der Waals surface area contributed by atoms with Crippen molar-refractivity contribution in [2.75, 3.05) is 0 Å². The predicted molar refractivity (Wildman–Crippen MR) is 171 cm³/mol. The molecule has 2 atom stereocenters. The molecule has 0 saturated carbocycles. The molecule has 0 fully saturated rings. The summed E-state index contributed by atoms with van der Waals surface area (Å²) < 4.78 is 4.95. The number of carbonyl (C=O) groups is 2. The van der Waals surface area contributed by atoms with Gasteiger partial charge in [0.2, 0.25) is 0 Å². The number of esters is 2. The smallest absolute Gasteiger partial charge is 0.316 e. The zero-order chi connectivity index (χ0) is 29.5. The molecular formula is C36H68O4. The van der Waals surface area contributed by atoms with Gasteiger partial charge in [0.1, 0.15) is 0 Å². The van der Waals surface area contributed by atoms with Crippen LogP contribution in [-0.4, -0.2) is 23.1 Å². The Morgan fingerprint density at radius 1 is 0.575 bits per heavy atom. The van der Waals surface area contributed by atoms with E-state index < -0.39 is 5.97 Å². The zero-order valence-electron chi connectivity index (χ0n) is 27.1. The molecule has 0 aliphatic heterocycles. The summed E-state index contributed by atoms with van der Waals surface area (Å²) in [6.45, 7) is 5.80. The molecule has 0 aromatic carbocycles. The van der Waals surface area contributed by atoms with Gasteiger partial charge in [0.05, 0.1) is 12.0 Å². The lowest BCUT2D eigenvalue weighted by Gasteiger charge is -2.14. The van der Waals surface area contributed by atoms with Gasteiger partial charge < -0.3 is 9.84 Å². The molecule has 0 rings (SSSR count). The Kier molecular flexibility index (Phi) is 29.9. The van der Waals surface area contributed by atoms with E-state index in [0.717, 1.165) is 70.6 Å². The third-order valence-electron chi connectivity index (χ3n) is 8.12. The lowest BCUT2D eigenvalue weighted by molar-refractivity contribution is -0.161. The van der Waals surface area contributed by atoms with Crippen LogP contribution in [0, 0.1) is 5.92 Å². The Balaban J connectivity index is 3.85. The number of hydrogen-bond donors (Lipinski definition) is 1. The van der Waals surface area contributed by atoms with Gasteiger partial charge in [0.25, 0.3) is 0 Å². The molecule has 4 heteroatoms. The third-order valence-corrected chi connectivity index (χ3v) is 8.12. The highest BCUT2D eigenvalue weighted by Gasteiger charge is 2.20. The van der Waals surface area contributed by atoms with E-state index in [4.69, 9.17) is 4.74 Å². The minimum atomic E-state index is -0.492. The van der Waals surface area contributed by atoms with Crippen molar-refractivity contribution in [3.8, 4) is 0 Å². The quantitative estimate of drug-likeness (QED) is 0.0408. The van der Waals surface area contributed by atoms with Crippen LogP contribution in [0.5, 0.6) is 0 Å². The maximum absolute atomic E-state index is 12.4. The maximum Gasteiger partial charge on any atom is 0.316 e. The summed E-state index contributed by atoms with van der Waals surface area (Å²) in [7, 11) is 0. The highest BCUT2D eigenvalue weighted by Crippen LogP contribution is 2.21. The highest BCUT2D eigenvalue weighted by atomic mass is 16.6. The molecule has 0 heterocycles. The van der Waals surface area contributed by atoms with Crippen molar-refractivity contribution in [3.63, 3.8) is 0 Å². The van der Waals surface area contributed by atoms with Crippen LogP contribution in [0.3, 0.4) is 0 Å². The molecular weight excluding hydrogens is 496 g/mol. The van der Waals surface area contributed by atoms with Crippen LogP contribution >= 0.6 is 0 Å². The summed E-state index contributed by atoms with van der Waals surface area (Å²) in [6, 6.07) is 0. The number of ether oxygens (including phenoxy) is 1. The minimum Gasteiger partial charge on any atom is -0.393 e. The number of aliphatic hydroxyl groups is 1. The van der Waals surface area contributed by atoms with E-state index >= 15 is 0 Å². The van der Waals surface area contributed by atoms with Gasteiger partial charge in [0.15, 0.2) is 0 Å². The molecule has 236 valence electrons. The van der Waals surface area contributed by atoms with Crippen LogP contribution in [-0.2, 0) is 14.3 Å². The van der Waals surface area contributed by atoms with Crippen LogP contribution < -0.4 is 0 Å². The molecule has 0 aliphatic rings. The van der Waals surface area contributed by atoms with Gasteiger partial charge in [-0.05, 0) is 38.5 Å². The Hall–Kier alpha value is -1.16. The van der Waals surface area contributed by atoms with Gasteiger partial charge >= 0.3 is 11.9 Å². The van der Waals surface area contributed by atoms with Crippen molar-refractivity contribution in [1.29, 1.82) is 0 Å². The van der Waals surface area contributed by atoms with Crippen molar-refractivity contribution in [2.24, 2.45) is 5.92 Å². The molecule has 0 bridgehead atoms. The average Bonchev–Trinajstić information content (AvgIpc) is 2.93. The number of hydrogen-bond acceptors (Lipinski definition) is 4. The Bertz CT molecular complexity index is 585. The second-order valence-corrected chi connectivity index (χ2v) is 12.2. The topological polar surface area (TPSA) is 63.6 Å². The summed E-state index contributed by atoms with van der Waals surface area (Å²) in [6.07, 6.45) is 36.4. The van der Waals surface area contributed by atoms with Gasteiger partial charge in [0, 0.05) is 6.92 Å². The summed E-state index contributed by atoms with van der Waals surface area (Å²) in [5.41, 5.74) is 0. The van der Waals surface area contributed by atoms with Crippen LogP contribution in [0.25, 0.3) is 0 Å². The fourth-order valence-corrected chi connectivity index (χ4v) is 5.49. The number of aliphatic hydroxyl groups excluding tert-OH is 1. The van der Waals surface area contributed by atoms with Gasteiger partial charge in [-0.3, -0.25) is 9.59 Å². The lowest BCUT2D eigenvalue weighted by atomic mass is 9.94. The number of carbonyl (C=O) groups excluding carboxylic acids is 2. The SMILES string of the molecule is CCCCCCCCCCCCCCCCC(CCCCCCC=CC[C@H](O)CCCCCC)C(=O)OC(C)=O. The number of allylic oxidation sites excluding steroid dienone is 1. The van der Waals surface area contributed by atoms with E-state index in [0.29, 0.717) is 0 Å². The van der Waals surface area contributed by atoms with Crippen LogP contribution in [0.2, 0.25) is 0 Å². The fraction of sp³-hybridized carbons (Fsp3) is 0.889. The molecule has 0 aromatic rings. The second-order valence-electron chi connectivity index (χ2n) is 12.2. The van der Waals surface area contributed by atoms with E-state index in [1.165, 1.54) is 110 Å². The first-order chi connectivity index (χ1) is 19.5. The molecule has 1 N–H and O–H groups in total. The Morgan fingerprint density at radius 2 is 0.975 bits per heavy atom. The van der Waals surface area contributed by atoms with Crippen LogP contribution in [0.1, 0.15) is 194 Å². The van der Waals surface area contributed by atoms with Gasteiger partial charge in [-0.2, -0.15) is 0 Å². The van der Waals surface area contributed by atoms with E-state index in [9.17, 15) is 14.7 Å². The van der Waals surface area contributed by atoms with Gasteiger partial charge in [-0.15, -0.1) is 0 Å². The molecule has 0 aliphatic carbocycles. The molecule has 4 nitrogen and oxygen atoms in total. The zero-order valence-corrected chi connectivity index (χ0v) is 27.1. The van der Waals surface area contributed by atoms with Crippen LogP contribution in [0.4, 0.5) is 0 Å². The standard InChI is InChI=1S/C36H68O4/c1-4-6-8-10-11-12-13-14-15-16-17-19-22-25-29-34(36(39)40-33(3)37)30-26-23-20-18-21-24-28-32-35(38)31-27-9-7-5-2/h24,28,34-35,38H,4-23,25-27,29-32H2,1-3H3/t34?,35-/m1/s1. The van der Waals surface area contributed by atoms with E-state index in [1.54, 1.807) is 0 Å². The Morgan fingerprint density at radius 3 is 1.45 bits per heavy atom. The molecule has 1 unspecified atom stereocenters. The summed E-state index contributed by atoms with van der Waals surface area (Å²) in [5, 5.41) is 10.0. The highest BCUT2D eigenvalue weighted by molar-refractivity contribution is 5.85. The van der Waals surface area contributed by atoms with E-state index in [-0.39, 0.29) is 18.0 Å². The fourth-order valence-electron chi connectivity index (χ4n) is 5.49. The molecule has 0 aromatic heterocycles. The lowest BCUT2D eigenvalue weighted by Crippen LogP contribution is -2.20. The van der Waals surface area contributed by atoms with Crippen molar-refractivity contribution in [3.05, 3.63) is 12.2 Å². The summed E-state index contributed by atoms with van der Waals surface area (Å²) >= 11 is 0. The number of unbranched alkanes of at least 4 members (excludes halogenated alkanes) is 20. The third kappa shape index (κ3) is 28.4. The summed E-state index contributed by atoms with van der Waals surface area (Å²) in [4.78, 5) is 23.8. The first-order valence-corrected chi connectivity index (χ1v) is 17.6. The van der Waals surface area contributed by atoms with E-state index in [2.05, 4.69) is 26.0 Å². The monoisotopic (exact) mass is 565 g/mol. The molecule has 0 spiro atoms. The van der Waals surface area contributed by atoms with Crippen molar-refractivity contribution in [1.82, 2.24) is 0 Å². The Labute approximate surface area is 249 Å². The maximum atomic E-state index is 12.4. The van der Waals surface area contributed by atoms with Gasteiger partial charge in [-0.1, -0.05) is 161 Å². The van der Waals surface area contributed by atoms with E-state index in [1.807, 2.05) is 0 Å². The summed E-state index contributed by atoms with van der Waals surface area (Å²) in [5.74, 6) is -0.952. The van der Waals surface area contributed by atoms with Gasteiger partial charge in [-0.25, -0.2) is 0 Å². The van der Waals surface area contributed by atoms with Crippen molar-refractivity contribution in [2.45, 2.75) is 200 Å². The molecule has 0 saturated heterocycles. The van der Waals surface area contributed by atoms with Crippen molar-refractivity contribution >= 4 is 11.9 Å². The first kappa shape index (κ1) is 38.8. The second kappa shape index (κ2) is 30.8. The molecule has 0 amide bonds. The minimum absolute atomic E-state index is 0.139.